The third kappa shape index (κ3) is 1.29. The highest BCUT2D eigenvalue weighted by Crippen LogP contribution is 2.24. The summed E-state index contributed by atoms with van der Waals surface area (Å²) in [6, 6.07) is 0. The Morgan fingerprint density at radius 1 is 1.08 bits per heavy atom. The van der Waals surface area contributed by atoms with Gasteiger partial charge in [-0.25, -0.2) is 0 Å². The van der Waals surface area contributed by atoms with E-state index in [0.717, 1.165) is 6.54 Å². The molecule has 0 unspecified atom stereocenters. The van der Waals surface area contributed by atoms with E-state index in [1.165, 1.54) is 17.8 Å². The van der Waals surface area contributed by atoms with Gasteiger partial charge in [0, 0.05) is 32.0 Å². The minimum absolute atomic E-state index is 1.10. The molecule has 0 saturated carbocycles. The largest absolute Gasteiger partial charge is 0.294 e. The molecule has 1 aliphatic heterocycles. The zero-order chi connectivity index (χ0) is 9.30. The van der Waals surface area contributed by atoms with Crippen molar-refractivity contribution < 1.29 is 0 Å². The molecular formula is C9H19N3. The van der Waals surface area contributed by atoms with Crippen molar-refractivity contribution in [2.45, 2.75) is 27.2 Å². The summed E-state index contributed by atoms with van der Waals surface area (Å²) >= 11 is 0. The van der Waals surface area contributed by atoms with Gasteiger partial charge in [-0.15, -0.1) is 5.12 Å². The first-order valence-electron chi connectivity index (χ1n) is 4.51. The summed E-state index contributed by atoms with van der Waals surface area (Å²) in [6.45, 7) is 7.63. The topological polar surface area (TPSA) is 9.72 Å². The standard InChI is InChI=1S/C9H19N3/c1-6-7-12-9(3)8(2)10(4)11(12)5/h6-7H2,1-5H3. The predicted octanol–water partition coefficient (Wildman–Crippen LogP) is 1.66. The highest BCUT2D eigenvalue weighted by Gasteiger charge is 2.25. The summed E-state index contributed by atoms with van der Waals surface area (Å²) in [5, 5.41) is 6.63. The monoisotopic (exact) mass is 169 g/mol. The summed E-state index contributed by atoms with van der Waals surface area (Å²) in [5.41, 5.74) is 2.70. The molecule has 12 heavy (non-hydrogen) atoms. The van der Waals surface area contributed by atoms with Crippen LogP contribution in [-0.2, 0) is 0 Å². The number of hydrazine groups is 2. The van der Waals surface area contributed by atoms with Crippen molar-refractivity contribution in [1.29, 1.82) is 0 Å². The van der Waals surface area contributed by atoms with Gasteiger partial charge in [0.25, 0.3) is 0 Å². The SMILES string of the molecule is CCCN1C(C)=C(C)N(C)N1C. The smallest absolute Gasteiger partial charge is 0.0486 e. The molecule has 0 radical (unpaired) electrons. The number of rotatable bonds is 2. The molecule has 70 valence electrons. The summed E-state index contributed by atoms with van der Waals surface area (Å²) < 4.78 is 0. The lowest BCUT2D eigenvalue weighted by molar-refractivity contribution is -0.0796. The Hall–Kier alpha value is -0.700. The molecule has 0 bridgehead atoms. The maximum Gasteiger partial charge on any atom is 0.0486 e. The number of hydrogen-bond acceptors (Lipinski definition) is 3. The Morgan fingerprint density at radius 3 is 2.00 bits per heavy atom. The summed E-state index contributed by atoms with van der Waals surface area (Å²) in [5.74, 6) is 0. The van der Waals surface area contributed by atoms with Crippen molar-refractivity contribution in [1.82, 2.24) is 15.1 Å². The molecule has 3 heteroatoms. The molecule has 1 rings (SSSR count). The van der Waals surface area contributed by atoms with Crippen molar-refractivity contribution in [2.24, 2.45) is 0 Å². The zero-order valence-corrected chi connectivity index (χ0v) is 8.76. The van der Waals surface area contributed by atoms with Crippen LogP contribution in [0.2, 0.25) is 0 Å². The van der Waals surface area contributed by atoms with Gasteiger partial charge in [-0.05, 0) is 20.3 Å². The Morgan fingerprint density at radius 2 is 1.67 bits per heavy atom. The summed E-state index contributed by atoms with van der Waals surface area (Å²) in [6.07, 6.45) is 1.18. The molecule has 1 aliphatic rings. The highest BCUT2D eigenvalue weighted by atomic mass is 15.9. The lowest BCUT2D eigenvalue weighted by atomic mass is 10.3. The Balaban J connectivity index is 2.76. The molecule has 0 amide bonds. The Bertz CT molecular complexity index is 198. The van der Waals surface area contributed by atoms with E-state index in [9.17, 15) is 0 Å². The van der Waals surface area contributed by atoms with E-state index >= 15 is 0 Å². The van der Waals surface area contributed by atoms with Gasteiger partial charge in [0.1, 0.15) is 0 Å². The second-order valence-electron chi connectivity index (χ2n) is 3.31. The van der Waals surface area contributed by atoms with Crippen LogP contribution >= 0.6 is 0 Å². The highest BCUT2D eigenvalue weighted by molar-refractivity contribution is 5.10. The molecule has 0 N–H and O–H groups in total. The number of nitrogens with zero attached hydrogens (tertiary/aromatic N) is 3. The third-order valence-corrected chi connectivity index (χ3v) is 2.62. The van der Waals surface area contributed by atoms with Crippen LogP contribution in [-0.4, -0.2) is 35.8 Å². The molecule has 0 atom stereocenters. The molecule has 0 aliphatic carbocycles. The first kappa shape index (κ1) is 9.39. The maximum atomic E-state index is 2.30. The van der Waals surface area contributed by atoms with Crippen molar-refractivity contribution in [2.75, 3.05) is 20.6 Å². The molecule has 0 spiro atoms. The van der Waals surface area contributed by atoms with Gasteiger partial charge < -0.3 is 0 Å². The first-order chi connectivity index (χ1) is 5.59. The van der Waals surface area contributed by atoms with Gasteiger partial charge in [-0.2, -0.15) is 0 Å². The van der Waals surface area contributed by atoms with Crippen molar-refractivity contribution >= 4 is 0 Å². The average molecular weight is 169 g/mol. The van der Waals surface area contributed by atoms with Crippen LogP contribution in [0.25, 0.3) is 0 Å². The van der Waals surface area contributed by atoms with Crippen LogP contribution in [0.1, 0.15) is 27.2 Å². The third-order valence-electron chi connectivity index (χ3n) is 2.62. The predicted molar refractivity (Wildman–Crippen MR) is 50.9 cm³/mol. The van der Waals surface area contributed by atoms with Crippen LogP contribution in [0.5, 0.6) is 0 Å². The van der Waals surface area contributed by atoms with Crippen LogP contribution in [0, 0.1) is 0 Å². The van der Waals surface area contributed by atoms with E-state index in [2.05, 4.69) is 50.0 Å². The molecule has 0 fully saturated rings. The van der Waals surface area contributed by atoms with Crippen LogP contribution in [0.15, 0.2) is 11.4 Å². The lowest BCUT2D eigenvalue weighted by Crippen LogP contribution is -2.41. The second-order valence-corrected chi connectivity index (χ2v) is 3.31. The van der Waals surface area contributed by atoms with Gasteiger partial charge >= 0.3 is 0 Å². The fraction of sp³-hybridized carbons (Fsp3) is 0.778. The van der Waals surface area contributed by atoms with Crippen LogP contribution in [0.4, 0.5) is 0 Å². The van der Waals surface area contributed by atoms with Gasteiger partial charge in [-0.3, -0.25) is 10.0 Å². The number of hydrogen-bond donors (Lipinski definition) is 0. The van der Waals surface area contributed by atoms with E-state index < -0.39 is 0 Å². The normalized spacial score (nSPS) is 19.8. The van der Waals surface area contributed by atoms with Gasteiger partial charge in [0.05, 0.1) is 0 Å². The van der Waals surface area contributed by atoms with E-state index in [-0.39, 0.29) is 0 Å². The van der Waals surface area contributed by atoms with Gasteiger partial charge in [0.15, 0.2) is 0 Å². The van der Waals surface area contributed by atoms with Crippen molar-refractivity contribution in [3.05, 3.63) is 11.4 Å². The molecular weight excluding hydrogens is 150 g/mol. The molecule has 0 aromatic heterocycles. The molecule has 0 aromatic carbocycles. The van der Waals surface area contributed by atoms with Gasteiger partial charge in [-0.1, -0.05) is 6.92 Å². The summed E-state index contributed by atoms with van der Waals surface area (Å²) in [7, 11) is 4.18. The van der Waals surface area contributed by atoms with Crippen LogP contribution in [0.3, 0.4) is 0 Å². The first-order valence-corrected chi connectivity index (χ1v) is 4.51. The average Bonchev–Trinajstić information content (AvgIpc) is 2.23. The minimum Gasteiger partial charge on any atom is -0.294 e. The van der Waals surface area contributed by atoms with E-state index in [0.29, 0.717) is 0 Å². The fourth-order valence-electron chi connectivity index (χ4n) is 1.54. The maximum absolute atomic E-state index is 2.30. The Kier molecular flexibility index (Phi) is 2.62. The molecule has 1 heterocycles. The van der Waals surface area contributed by atoms with Crippen LogP contribution < -0.4 is 0 Å². The molecule has 3 nitrogen and oxygen atoms in total. The second kappa shape index (κ2) is 3.35. The quantitative estimate of drug-likeness (QED) is 0.622. The van der Waals surface area contributed by atoms with E-state index in [1.807, 2.05) is 0 Å². The number of allylic oxidation sites excluding steroid dienone is 2. The van der Waals surface area contributed by atoms with E-state index in [1.54, 1.807) is 0 Å². The van der Waals surface area contributed by atoms with Gasteiger partial charge in [0.2, 0.25) is 0 Å². The van der Waals surface area contributed by atoms with E-state index in [4.69, 9.17) is 0 Å². The molecule has 0 aromatic rings. The Labute approximate surface area is 75.2 Å². The minimum atomic E-state index is 1.10. The summed E-state index contributed by atoms with van der Waals surface area (Å²) in [4.78, 5) is 0. The molecule has 0 saturated heterocycles. The lowest BCUT2D eigenvalue weighted by Gasteiger charge is -2.31. The zero-order valence-electron chi connectivity index (χ0n) is 8.76. The van der Waals surface area contributed by atoms with Crippen molar-refractivity contribution in [3.63, 3.8) is 0 Å². The van der Waals surface area contributed by atoms with Crippen molar-refractivity contribution in [3.8, 4) is 0 Å². The fourth-order valence-corrected chi connectivity index (χ4v) is 1.54.